The molecule has 0 unspecified atom stereocenters. The molecule has 3 aromatic carbocycles. The van der Waals surface area contributed by atoms with E-state index in [2.05, 4.69) is 24.3 Å². The van der Waals surface area contributed by atoms with Crippen LogP contribution in [0.5, 0.6) is 0 Å². The molecule has 1 fully saturated rings. The molecular weight excluding hydrogens is 356 g/mol. The molecule has 29 heavy (non-hydrogen) atoms. The molecule has 0 aliphatic heterocycles. The molecule has 0 heterocycles. The number of ketones is 2. The van der Waals surface area contributed by atoms with Gasteiger partial charge >= 0.3 is 0 Å². The molecular formula is C27H26O2. The third-order valence-electron chi connectivity index (χ3n) is 6.29. The maximum absolute atomic E-state index is 13.5. The summed E-state index contributed by atoms with van der Waals surface area (Å²) in [6, 6.07) is 29.7. The first-order chi connectivity index (χ1) is 14.2. The van der Waals surface area contributed by atoms with Crippen LogP contribution in [0.15, 0.2) is 91.0 Å². The Morgan fingerprint density at radius 1 is 0.793 bits per heavy atom. The molecule has 2 nitrogen and oxygen atoms in total. The summed E-state index contributed by atoms with van der Waals surface area (Å²) in [7, 11) is 0. The van der Waals surface area contributed by atoms with Crippen LogP contribution in [0.4, 0.5) is 0 Å². The predicted molar refractivity (Wildman–Crippen MR) is 116 cm³/mol. The zero-order valence-electron chi connectivity index (χ0n) is 16.6. The normalized spacial score (nSPS) is 20.2. The van der Waals surface area contributed by atoms with Crippen LogP contribution in [0.25, 0.3) is 0 Å². The monoisotopic (exact) mass is 382 g/mol. The van der Waals surface area contributed by atoms with Gasteiger partial charge in [-0.15, -0.1) is 0 Å². The Bertz CT molecular complexity index is 963. The van der Waals surface area contributed by atoms with Gasteiger partial charge in [-0.05, 0) is 24.0 Å². The third-order valence-corrected chi connectivity index (χ3v) is 6.29. The van der Waals surface area contributed by atoms with Crippen molar-refractivity contribution >= 4 is 11.6 Å². The Morgan fingerprint density at radius 2 is 1.38 bits per heavy atom. The third kappa shape index (κ3) is 3.80. The van der Waals surface area contributed by atoms with Crippen LogP contribution in [0, 0.1) is 0 Å². The topological polar surface area (TPSA) is 34.1 Å². The first-order valence-corrected chi connectivity index (χ1v) is 10.4. The van der Waals surface area contributed by atoms with E-state index >= 15 is 0 Å². The van der Waals surface area contributed by atoms with E-state index in [4.69, 9.17) is 0 Å². The summed E-state index contributed by atoms with van der Waals surface area (Å²) in [5.74, 6) is 0.185. The SMILES string of the molecule is O=C(C[C@@H](c1ccccc1)[C@]1(c2ccccc2)CCCCC1=O)c1ccccc1. The Kier molecular flexibility index (Phi) is 5.71. The number of carbonyl (C=O) groups excluding carboxylic acids is 2. The number of rotatable bonds is 6. The van der Waals surface area contributed by atoms with Gasteiger partial charge in [0.25, 0.3) is 0 Å². The van der Waals surface area contributed by atoms with Gasteiger partial charge in [0.05, 0.1) is 5.41 Å². The predicted octanol–water partition coefficient (Wildman–Crippen LogP) is 6.12. The highest BCUT2D eigenvalue weighted by Gasteiger charge is 2.48. The molecule has 0 radical (unpaired) electrons. The average Bonchev–Trinajstić information content (AvgIpc) is 2.80. The van der Waals surface area contributed by atoms with Gasteiger partial charge in [0.1, 0.15) is 5.78 Å². The van der Waals surface area contributed by atoms with Crippen molar-refractivity contribution in [3.63, 3.8) is 0 Å². The van der Waals surface area contributed by atoms with Crippen molar-refractivity contribution in [2.24, 2.45) is 0 Å². The zero-order valence-corrected chi connectivity index (χ0v) is 16.6. The summed E-state index contributed by atoms with van der Waals surface area (Å²) in [5, 5.41) is 0. The lowest BCUT2D eigenvalue weighted by Crippen LogP contribution is -2.44. The smallest absolute Gasteiger partial charge is 0.163 e. The van der Waals surface area contributed by atoms with Gasteiger partial charge in [0, 0.05) is 24.3 Å². The fraction of sp³-hybridized carbons (Fsp3) is 0.259. The van der Waals surface area contributed by atoms with Crippen molar-refractivity contribution in [3.8, 4) is 0 Å². The molecule has 4 rings (SSSR count). The summed E-state index contributed by atoms with van der Waals surface area (Å²) in [4.78, 5) is 26.8. The van der Waals surface area contributed by atoms with Gasteiger partial charge < -0.3 is 0 Å². The standard InChI is InChI=1S/C27H26O2/c28-25(22-14-6-2-7-15-22)20-24(21-12-4-1-5-13-21)27(19-11-10-18-26(27)29)23-16-8-3-9-17-23/h1-9,12-17,24H,10-11,18-20H2/t24-,27+/m0/s1. The Hall–Kier alpha value is -3.00. The minimum Gasteiger partial charge on any atom is -0.299 e. The Morgan fingerprint density at radius 3 is 2.00 bits per heavy atom. The van der Waals surface area contributed by atoms with E-state index in [0.29, 0.717) is 18.4 Å². The van der Waals surface area contributed by atoms with Crippen molar-refractivity contribution in [2.45, 2.75) is 43.4 Å². The van der Waals surface area contributed by atoms with Crippen LogP contribution in [-0.4, -0.2) is 11.6 Å². The van der Waals surface area contributed by atoms with Crippen LogP contribution >= 0.6 is 0 Å². The molecule has 0 amide bonds. The molecule has 1 aliphatic rings. The van der Waals surface area contributed by atoms with Crippen molar-refractivity contribution in [1.82, 2.24) is 0 Å². The van der Waals surface area contributed by atoms with E-state index in [-0.39, 0.29) is 17.5 Å². The average molecular weight is 383 g/mol. The highest BCUT2D eigenvalue weighted by atomic mass is 16.1. The van der Waals surface area contributed by atoms with Gasteiger partial charge in [-0.1, -0.05) is 97.4 Å². The first kappa shape index (κ1) is 19.3. The first-order valence-electron chi connectivity index (χ1n) is 10.4. The fourth-order valence-corrected chi connectivity index (χ4v) is 4.85. The van der Waals surface area contributed by atoms with Crippen molar-refractivity contribution in [3.05, 3.63) is 108 Å². The summed E-state index contributed by atoms with van der Waals surface area (Å²) >= 11 is 0. The molecule has 146 valence electrons. The summed E-state index contributed by atoms with van der Waals surface area (Å²) in [5.41, 5.74) is 2.17. The van der Waals surface area contributed by atoms with Crippen LogP contribution < -0.4 is 0 Å². The minimum atomic E-state index is -0.648. The molecule has 3 aromatic rings. The number of hydrogen-bond donors (Lipinski definition) is 0. The number of Topliss-reactive ketones (excluding diaryl/α,β-unsaturated/α-hetero) is 2. The molecule has 1 aliphatic carbocycles. The molecule has 0 spiro atoms. The summed E-state index contributed by atoms with van der Waals surface area (Å²) < 4.78 is 0. The highest BCUT2D eigenvalue weighted by Crippen LogP contribution is 2.49. The minimum absolute atomic E-state index is 0.0909. The van der Waals surface area contributed by atoms with Crippen LogP contribution in [0.2, 0.25) is 0 Å². The maximum Gasteiger partial charge on any atom is 0.163 e. The molecule has 2 heteroatoms. The summed E-state index contributed by atoms with van der Waals surface area (Å²) in [6.45, 7) is 0. The molecule has 0 saturated heterocycles. The van der Waals surface area contributed by atoms with Gasteiger partial charge in [0.15, 0.2) is 5.78 Å². The van der Waals surface area contributed by atoms with Crippen LogP contribution in [-0.2, 0) is 10.2 Å². The maximum atomic E-state index is 13.5. The van der Waals surface area contributed by atoms with E-state index in [1.165, 1.54) is 0 Å². The molecule has 0 aromatic heterocycles. The van der Waals surface area contributed by atoms with E-state index < -0.39 is 5.41 Å². The Labute approximate surface area is 172 Å². The second-order valence-electron chi connectivity index (χ2n) is 7.92. The highest BCUT2D eigenvalue weighted by molar-refractivity contribution is 5.98. The van der Waals surface area contributed by atoms with Gasteiger partial charge in [-0.3, -0.25) is 9.59 Å². The lowest BCUT2D eigenvalue weighted by Gasteiger charge is -2.43. The lowest BCUT2D eigenvalue weighted by atomic mass is 9.58. The van der Waals surface area contributed by atoms with Gasteiger partial charge in [0.2, 0.25) is 0 Å². The van der Waals surface area contributed by atoms with Gasteiger partial charge in [-0.2, -0.15) is 0 Å². The number of hydrogen-bond acceptors (Lipinski definition) is 2. The lowest BCUT2D eigenvalue weighted by molar-refractivity contribution is -0.127. The summed E-state index contributed by atoms with van der Waals surface area (Å²) in [6.07, 6.45) is 3.63. The van der Waals surface area contributed by atoms with Crippen molar-refractivity contribution in [2.75, 3.05) is 0 Å². The number of carbonyl (C=O) groups is 2. The van der Waals surface area contributed by atoms with Crippen molar-refractivity contribution in [1.29, 1.82) is 0 Å². The van der Waals surface area contributed by atoms with Crippen LogP contribution in [0.3, 0.4) is 0 Å². The second kappa shape index (κ2) is 8.57. The van der Waals surface area contributed by atoms with E-state index in [1.807, 2.05) is 66.7 Å². The van der Waals surface area contributed by atoms with Crippen LogP contribution in [0.1, 0.15) is 59.5 Å². The van der Waals surface area contributed by atoms with E-state index in [1.54, 1.807) is 0 Å². The molecule has 0 N–H and O–H groups in total. The zero-order chi connectivity index (χ0) is 20.1. The molecule has 0 bridgehead atoms. The largest absolute Gasteiger partial charge is 0.299 e. The molecule has 2 atom stereocenters. The quantitative estimate of drug-likeness (QED) is 0.481. The van der Waals surface area contributed by atoms with E-state index in [0.717, 1.165) is 30.4 Å². The van der Waals surface area contributed by atoms with Gasteiger partial charge in [-0.25, -0.2) is 0 Å². The fourth-order valence-electron chi connectivity index (χ4n) is 4.85. The number of benzene rings is 3. The van der Waals surface area contributed by atoms with Crippen molar-refractivity contribution < 1.29 is 9.59 Å². The Balaban J connectivity index is 1.83. The van der Waals surface area contributed by atoms with E-state index in [9.17, 15) is 9.59 Å². The second-order valence-corrected chi connectivity index (χ2v) is 7.92. The molecule has 1 saturated carbocycles.